The minimum absolute atomic E-state index is 0.00647. The fraction of sp³-hybridized carbons (Fsp3) is 0.967. The summed E-state index contributed by atoms with van der Waals surface area (Å²) in [6.45, 7) is 12.7. The van der Waals surface area contributed by atoms with Gasteiger partial charge in [-0.1, -0.05) is 41.0 Å². The number of hydrogen-bond acceptors (Lipinski definition) is 6. The first kappa shape index (κ1) is 31.2. The lowest BCUT2D eigenvalue weighted by molar-refractivity contribution is -0.263. The van der Waals surface area contributed by atoms with E-state index in [2.05, 4.69) is 33.0 Å². The van der Waals surface area contributed by atoms with Gasteiger partial charge in [-0.2, -0.15) is 8.42 Å². The number of aliphatic hydroxyl groups excluding tert-OH is 2. The number of fused-ring (bicyclic) bond motifs is 5. The molecule has 8 nitrogen and oxygen atoms in total. The zero-order valence-corrected chi connectivity index (χ0v) is 25.6. The first-order valence-electron chi connectivity index (χ1n) is 15.3. The fourth-order valence-corrected chi connectivity index (χ4v) is 11.1. The Labute approximate surface area is 235 Å². The van der Waals surface area contributed by atoms with Gasteiger partial charge in [0.2, 0.25) is 5.91 Å². The monoisotopic (exact) mass is 571 g/mol. The maximum Gasteiger partial charge on any atom is 0.266 e. The summed E-state index contributed by atoms with van der Waals surface area (Å²) in [6, 6.07) is 0. The summed E-state index contributed by atoms with van der Waals surface area (Å²) in [5, 5.41) is 37.4. The van der Waals surface area contributed by atoms with Crippen molar-refractivity contribution in [3.8, 4) is 0 Å². The fourth-order valence-electron chi connectivity index (χ4n) is 10.7. The highest BCUT2D eigenvalue weighted by Gasteiger charge is 2.70. The molecule has 1 amide bonds. The molecule has 0 saturated heterocycles. The molecule has 0 heterocycles. The van der Waals surface area contributed by atoms with E-state index in [9.17, 15) is 28.5 Å². The molecule has 0 bridgehead atoms. The molecule has 0 radical (unpaired) electrons. The van der Waals surface area contributed by atoms with Crippen molar-refractivity contribution in [2.75, 3.05) is 12.3 Å². The van der Waals surface area contributed by atoms with Gasteiger partial charge in [0.1, 0.15) is 0 Å². The second-order valence-corrected chi connectivity index (χ2v) is 16.1. The standard InChI is InChI=1S/C30H53NO7S/c1-7-20-23-15-19(32)10-11-28(23,4)24-16-25(33)29(5)21(8-9-22(29)26(24)30(20,6)35)17(2)14-18(3)27(34)31-12-13-39(36,37)38/h17-26,32-33,35H,7-16H2,1-6H3,(H,31,34)(H,36,37,38)/t17-,18+,19+,20+,21+,22?,23-,24?,25-,26?,28-,29+,30-/m0/s1. The molecule has 5 N–H and O–H groups in total. The smallest absolute Gasteiger partial charge is 0.266 e. The third kappa shape index (κ3) is 5.33. The van der Waals surface area contributed by atoms with E-state index in [1.165, 1.54) is 0 Å². The van der Waals surface area contributed by atoms with Crippen LogP contribution in [0.2, 0.25) is 0 Å². The first-order valence-corrected chi connectivity index (χ1v) is 16.9. The van der Waals surface area contributed by atoms with Crippen molar-refractivity contribution < 1.29 is 33.1 Å². The van der Waals surface area contributed by atoms with Crippen molar-refractivity contribution in [3.05, 3.63) is 0 Å². The average Bonchev–Trinajstić information content (AvgIpc) is 3.18. The summed E-state index contributed by atoms with van der Waals surface area (Å²) >= 11 is 0. The zero-order valence-electron chi connectivity index (χ0n) is 24.8. The number of aliphatic hydroxyl groups is 3. The van der Waals surface area contributed by atoms with Crippen LogP contribution in [0.5, 0.6) is 0 Å². The highest BCUT2D eigenvalue weighted by atomic mass is 32.2. The minimum Gasteiger partial charge on any atom is -0.393 e. The van der Waals surface area contributed by atoms with Crippen molar-refractivity contribution in [2.45, 2.75) is 111 Å². The van der Waals surface area contributed by atoms with Crippen LogP contribution in [-0.2, 0) is 14.9 Å². The molecule has 0 aromatic heterocycles. The van der Waals surface area contributed by atoms with Crippen LogP contribution in [0.4, 0.5) is 0 Å². The molecular weight excluding hydrogens is 518 g/mol. The van der Waals surface area contributed by atoms with Gasteiger partial charge in [0.25, 0.3) is 10.1 Å². The van der Waals surface area contributed by atoms with Crippen molar-refractivity contribution in [1.29, 1.82) is 0 Å². The quantitative estimate of drug-likeness (QED) is 0.280. The average molecular weight is 572 g/mol. The van der Waals surface area contributed by atoms with E-state index in [1.54, 1.807) is 0 Å². The van der Waals surface area contributed by atoms with Crippen LogP contribution in [0.1, 0.15) is 92.9 Å². The Bertz CT molecular complexity index is 1020. The van der Waals surface area contributed by atoms with Gasteiger partial charge in [-0.3, -0.25) is 9.35 Å². The number of hydrogen-bond donors (Lipinski definition) is 5. The van der Waals surface area contributed by atoms with Gasteiger partial charge < -0.3 is 20.6 Å². The van der Waals surface area contributed by atoms with Crippen molar-refractivity contribution in [3.63, 3.8) is 0 Å². The molecule has 0 aliphatic heterocycles. The van der Waals surface area contributed by atoms with Crippen LogP contribution in [-0.4, -0.2) is 64.3 Å². The van der Waals surface area contributed by atoms with Crippen molar-refractivity contribution in [2.24, 2.45) is 58.2 Å². The van der Waals surface area contributed by atoms with E-state index in [1.807, 2.05) is 13.8 Å². The number of carbonyl (C=O) groups excluding carboxylic acids is 1. The lowest BCUT2D eigenvalue weighted by Crippen LogP contribution is -2.69. The molecule has 4 aliphatic carbocycles. The predicted molar refractivity (Wildman–Crippen MR) is 150 cm³/mol. The first-order chi connectivity index (χ1) is 18.0. The van der Waals surface area contributed by atoms with Gasteiger partial charge in [0.15, 0.2) is 0 Å². The van der Waals surface area contributed by atoms with E-state index >= 15 is 0 Å². The topological polar surface area (TPSA) is 144 Å². The third-order valence-electron chi connectivity index (χ3n) is 12.6. The lowest BCUT2D eigenvalue weighted by Gasteiger charge is -2.68. The maximum atomic E-state index is 12.7. The van der Waals surface area contributed by atoms with E-state index in [0.29, 0.717) is 12.8 Å². The molecule has 13 atom stereocenters. The zero-order chi connectivity index (χ0) is 29.1. The highest BCUT2D eigenvalue weighted by Crippen LogP contribution is 2.71. The Balaban J connectivity index is 1.55. The Hall–Kier alpha value is -0.740. The van der Waals surface area contributed by atoms with Crippen LogP contribution in [0.25, 0.3) is 0 Å². The SMILES string of the molecule is CC[C@@H]1[C@@H]2C[C@H](O)CC[C@]2(C)C2C[C@H](O)[C@@]3(C)C(CC[C@@H]3[C@@H](C)C[C@@H](C)C(=O)NCCS(=O)(=O)O)C2[C@@]1(C)O. The Kier molecular flexibility index (Phi) is 8.66. The van der Waals surface area contributed by atoms with Gasteiger partial charge in [-0.15, -0.1) is 0 Å². The molecule has 4 aliphatic rings. The molecule has 226 valence electrons. The highest BCUT2D eigenvalue weighted by molar-refractivity contribution is 7.85. The van der Waals surface area contributed by atoms with E-state index in [4.69, 9.17) is 4.55 Å². The molecule has 3 unspecified atom stereocenters. The van der Waals surface area contributed by atoms with Crippen LogP contribution in [0, 0.1) is 58.2 Å². The molecule has 4 fully saturated rings. The number of rotatable bonds is 8. The summed E-state index contributed by atoms with van der Waals surface area (Å²) in [4.78, 5) is 12.7. The molecular formula is C30H53NO7S. The second-order valence-electron chi connectivity index (χ2n) is 14.5. The molecule has 4 rings (SSSR count). The summed E-state index contributed by atoms with van der Waals surface area (Å²) in [7, 11) is -4.12. The van der Waals surface area contributed by atoms with Gasteiger partial charge in [-0.05, 0) is 104 Å². The second kappa shape index (κ2) is 10.8. The lowest BCUT2D eigenvalue weighted by atomic mass is 9.38. The minimum atomic E-state index is -4.12. The maximum absolute atomic E-state index is 12.7. The molecule has 39 heavy (non-hydrogen) atoms. The third-order valence-corrected chi connectivity index (χ3v) is 13.3. The van der Waals surface area contributed by atoms with Crippen LogP contribution < -0.4 is 5.32 Å². The predicted octanol–water partition coefficient (Wildman–Crippen LogP) is 3.64. The number of nitrogens with one attached hydrogen (secondary N) is 1. The van der Waals surface area contributed by atoms with Gasteiger partial charge >= 0.3 is 0 Å². The molecule has 0 aromatic rings. The molecule has 9 heteroatoms. The Morgan fingerprint density at radius 2 is 1.69 bits per heavy atom. The molecule has 0 spiro atoms. The van der Waals surface area contributed by atoms with Crippen LogP contribution in [0.15, 0.2) is 0 Å². The summed E-state index contributed by atoms with van der Waals surface area (Å²) in [6.07, 6.45) is 5.72. The van der Waals surface area contributed by atoms with Crippen LogP contribution >= 0.6 is 0 Å². The van der Waals surface area contributed by atoms with Crippen molar-refractivity contribution >= 4 is 16.0 Å². The number of amides is 1. The van der Waals surface area contributed by atoms with Gasteiger partial charge in [-0.25, -0.2) is 0 Å². The van der Waals surface area contributed by atoms with Gasteiger partial charge in [0.05, 0.1) is 23.6 Å². The Morgan fingerprint density at radius 3 is 2.31 bits per heavy atom. The van der Waals surface area contributed by atoms with E-state index in [0.717, 1.165) is 38.5 Å². The summed E-state index contributed by atoms with van der Waals surface area (Å²) < 4.78 is 30.9. The molecule has 0 aromatic carbocycles. The normalized spacial score (nSPS) is 47.4. The van der Waals surface area contributed by atoms with E-state index in [-0.39, 0.29) is 76.7 Å². The van der Waals surface area contributed by atoms with Crippen LogP contribution in [0.3, 0.4) is 0 Å². The molecule has 4 saturated carbocycles. The van der Waals surface area contributed by atoms with Gasteiger partial charge in [0, 0.05) is 12.5 Å². The Morgan fingerprint density at radius 1 is 1.03 bits per heavy atom. The summed E-state index contributed by atoms with van der Waals surface area (Å²) in [5.41, 5.74) is -1.24. The van der Waals surface area contributed by atoms with E-state index < -0.39 is 27.6 Å². The van der Waals surface area contributed by atoms with Crippen molar-refractivity contribution in [1.82, 2.24) is 5.32 Å². The number of carbonyl (C=O) groups is 1. The summed E-state index contributed by atoms with van der Waals surface area (Å²) in [5.74, 6) is 0.159. The largest absolute Gasteiger partial charge is 0.393 e.